The van der Waals surface area contributed by atoms with Crippen LogP contribution < -0.4 is 5.32 Å². The Kier molecular flexibility index (Phi) is 3.30. The van der Waals surface area contributed by atoms with Crippen LogP contribution in [-0.2, 0) is 13.1 Å². The zero-order chi connectivity index (χ0) is 13.1. The summed E-state index contributed by atoms with van der Waals surface area (Å²) in [5.74, 6) is 0. The van der Waals surface area contributed by atoms with Crippen molar-refractivity contribution >= 4 is 0 Å². The molecule has 0 spiro atoms. The van der Waals surface area contributed by atoms with Crippen LogP contribution in [0.4, 0.5) is 0 Å². The van der Waals surface area contributed by atoms with Gasteiger partial charge in [-0.3, -0.25) is 0 Å². The van der Waals surface area contributed by atoms with E-state index in [1.54, 1.807) is 0 Å². The Bertz CT molecular complexity index is 587. The first-order valence-electron chi connectivity index (χ1n) is 6.57. The van der Waals surface area contributed by atoms with E-state index in [9.17, 15) is 0 Å². The summed E-state index contributed by atoms with van der Waals surface area (Å²) in [4.78, 5) is 4.22. The Morgan fingerprint density at radius 3 is 2.74 bits per heavy atom. The lowest BCUT2D eigenvalue weighted by Gasteiger charge is -2.08. The third-order valence-corrected chi connectivity index (χ3v) is 3.40. The molecule has 3 rings (SSSR count). The summed E-state index contributed by atoms with van der Waals surface area (Å²) in [6.07, 6.45) is 6.42. The third kappa shape index (κ3) is 2.83. The number of benzene rings is 1. The second-order valence-electron chi connectivity index (χ2n) is 4.94. The second kappa shape index (κ2) is 5.25. The molecule has 0 aliphatic heterocycles. The van der Waals surface area contributed by atoms with Gasteiger partial charge in [-0.05, 0) is 30.5 Å². The Morgan fingerprint density at radius 1 is 1.26 bits per heavy atom. The van der Waals surface area contributed by atoms with Gasteiger partial charge in [0, 0.05) is 25.3 Å². The van der Waals surface area contributed by atoms with E-state index >= 15 is 0 Å². The van der Waals surface area contributed by atoms with Gasteiger partial charge in [0.25, 0.3) is 0 Å². The van der Waals surface area contributed by atoms with E-state index in [1.807, 2.05) is 36.8 Å². The van der Waals surface area contributed by atoms with Gasteiger partial charge in [-0.1, -0.05) is 12.1 Å². The monoisotopic (exact) mass is 252 g/mol. The molecule has 0 saturated heterocycles. The zero-order valence-electron chi connectivity index (χ0n) is 10.7. The fourth-order valence-corrected chi connectivity index (χ4v) is 2.18. The van der Waals surface area contributed by atoms with Gasteiger partial charge in [-0.2, -0.15) is 5.26 Å². The third-order valence-electron chi connectivity index (χ3n) is 3.40. The van der Waals surface area contributed by atoms with Gasteiger partial charge in [-0.15, -0.1) is 0 Å². The number of aromatic nitrogens is 2. The van der Waals surface area contributed by atoms with Crippen LogP contribution >= 0.6 is 0 Å². The van der Waals surface area contributed by atoms with Crippen LogP contribution in [0.2, 0.25) is 0 Å². The van der Waals surface area contributed by atoms with E-state index in [2.05, 4.69) is 20.9 Å². The molecule has 0 atom stereocenters. The minimum atomic E-state index is 0.675. The standard InChI is InChI=1S/C15H16N4/c16-7-12-1-3-13(4-2-12)8-17-9-15-10-18-11-19(15)14-5-6-14/h1-4,10-11,14,17H,5-6,8-9H2. The van der Waals surface area contributed by atoms with Crippen LogP contribution in [0.25, 0.3) is 0 Å². The summed E-state index contributed by atoms with van der Waals surface area (Å²) in [6.45, 7) is 1.64. The van der Waals surface area contributed by atoms with Crippen molar-refractivity contribution in [1.29, 1.82) is 5.26 Å². The SMILES string of the molecule is N#Cc1ccc(CNCc2cncn2C2CC2)cc1. The lowest BCUT2D eigenvalue weighted by molar-refractivity contribution is 0.621. The van der Waals surface area contributed by atoms with Crippen LogP contribution in [0.1, 0.15) is 35.7 Å². The van der Waals surface area contributed by atoms with Crippen molar-refractivity contribution in [3.8, 4) is 6.07 Å². The minimum Gasteiger partial charge on any atom is -0.330 e. The number of hydrogen-bond donors (Lipinski definition) is 1. The Labute approximate surface area is 112 Å². The number of nitrogens with one attached hydrogen (secondary N) is 1. The van der Waals surface area contributed by atoms with Gasteiger partial charge in [0.15, 0.2) is 0 Å². The first kappa shape index (κ1) is 11.9. The smallest absolute Gasteiger partial charge is 0.0991 e. The maximum Gasteiger partial charge on any atom is 0.0991 e. The van der Waals surface area contributed by atoms with Crippen molar-refractivity contribution in [1.82, 2.24) is 14.9 Å². The van der Waals surface area contributed by atoms with Gasteiger partial charge in [0.05, 0.1) is 23.7 Å². The molecule has 1 aromatic heterocycles. The molecule has 1 aliphatic carbocycles. The average molecular weight is 252 g/mol. The van der Waals surface area contributed by atoms with Crippen LogP contribution in [0.5, 0.6) is 0 Å². The minimum absolute atomic E-state index is 0.675. The Balaban J connectivity index is 1.54. The fraction of sp³-hybridized carbons (Fsp3) is 0.333. The van der Waals surface area contributed by atoms with E-state index in [-0.39, 0.29) is 0 Å². The van der Waals surface area contributed by atoms with Crippen molar-refractivity contribution in [2.45, 2.75) is 32.0 Å². The van der Waals surface area contributed by atoms with Gasteiger partial charge >= 0.3 is 0 Å². The van der Waals surface area contributed by atoms with Crippen molar-refractivity contribution in [2.24, 2.45) is 0 Å². The molecule has 1 aromatic carbocycles. The summed E-state index contributed by atoms with van der Waals surface area (Å²) in [5.41, 5.74) is 3.14. The fourth-order valence-electron chi connectivity index (χ4n) is 2.18. The predicted molar refractivity (Wildman–Crippen MR) is 72.2 cm³/mol. The van der Waals surface area contributed by atoms with Crippen LogP contribution in [0.3, 0.4) is 0 Å². The highest BCUT2D eigenvalue weighted by Gasteiger charge is 2.24. The molecule has 1 fully saturated rings. The van der Waals surface area contributed by atoms with Crippen LogP contribution in [0, 0.1) is 11.3 Å². The maximum absolute atomic E-state index is 8.74. The molecular formula is C15H16N4. The van der Waals surface area contributed by atoms with E-state index in [0.29, 0.717) is 11.6 Å². The van der Waals surface area contributed by atoms with Crippen molar-refractivity contribution in [3.63, 3.8) is 0 Å². The molecule has 1 N–H and O–H groups in total. The lowest BCUT2D eigenvalue weighted by Crippen LogP contribution is -2.15. The Hall–Kier alpha value is -2.12. The molecule has 1 saturated carbocycles. The summed E-state index contributed by atoms with van der Waals surface area (Å²) in [6, 6.07) is 10.5. The van der Waals surface area contributed by atoms with Gasteiger partial charge in [0.2, 0.25) is 0 Å². The van der Waals surface area contributed by atoms with E-state index in [0.717, 1.165) is 13.1 Å². The number of rotatable bonds is 5. The largest absolute Gasteiger partial charge is 0.330 e. The topological polar surface area (TPSA) is 53.6 Å². The van der Waals surface area contributed by atoms with E-state index in [1.165, 1.54) is 24.1 Å². The number of nitriles is 1. The highest BCUT2D eigenvalue weighted by molar-refractivity contribution is 5.31. The molecule has 0 unspecified atom stereocenters. The van der Waals surface area contributed by atoms with Gasteiger partial charge in [0.1, 0.15) is 0 Å². The quantitative estimate of drug-likeness (QED) is 0.889. The molecule has 1 heterocycles. The zero-order valence-corrected chi connectivity index (χ0v) is 10.7. The number of imidazole rings is 1. The summed E-state index contributed by atoms with van der Waals surface area (Å²) in [7, 11) is 0. The highest BCUT2D eigenvalue weighted by Crippen LogP contribution is 2.35. The molecule has 1 aliphatic rings. The second-order valence-corrected chi connectivity index (χ2v) is 4.94. The molecule has 0 bridgehead atoms. The predicted octanol–water partition coefficient (Wildman–Crippen LogP) is 2.38. The van der Waals surface area contributed by atoms with Gasteiger partial charge < -0.3 is 9.88 Å². The van der Waals surface area contributed by atoms with Crippen molar-refractivity contribution < 1.29 is 0 Å². The molecule has 4 nitrogen and oxygen atoms in total. The summed E-state index contributed by atoms with van der Waals surface area (Å²) >= 11 is 0. The summed E-state index contributed by atoms with van der Waals surface area (Å²) in [5, 5.41) is 12.2. The molecule has 0 radical (unpaired) electrons. The molecule has 96 valence electrons. The van der Waals surface area contributed by atoms with Crippen LogP contribution in [-0.4, -0.2) is 9.55 Å². The number of nitrogens with zero attached hydrogens (tertiary/aromatic N) is 3. The Morgan fingerprint density at radius 2 is 2.05 bits per heavy atom. The van der Waals surface area contributed by atoms with E-state index in [4.69, 9.17) is 5.26 Å². The first-order chi connectivity index (χ1) is 9.36. The van der Waals surface area contributed by atoms with E-state index < -0.39 is 0 Å². The molecule has 0 amide bonds. The molecular weight excluding hydrogens is 236 g/mol. The molecule has 19 heavy (non-hydrogen) atoms. The lowest BCUT2D eigenvalue weighted by atomic mass is 10.1. The summed E-state index contributed by atoms with van der Waals surface area (Å²) < 4.78 is 2.27. The van der Waals surface area contributed by atoms with Crippen molar-refractivity contribution in [3.05, 3.63) is 53.6 Å². The first-order valence-corrected chi connectivity index (χ1v) is 6.57. The normalized spacial score (nSPS) is 14.3. The average Bonchev–Trinajstić information content (AvgIpc) is 3.19. The molecule has 4 heteroatoms. The maximum atomic E-state index is 8.74. The highest BCUT2D eigenvalue weighted by atomic mass is 15.1. The number of hydrogen-bond acceptors (Lipinski definition) is 3. The van der Waals surface area contributed by atoms with Crippen molar-refractivity contribution in [2.75, 3.05) is 0 Å². The molecule has 2 aromatic rings. The van der Waals surface area contributed by atoms with Crippen LogP contribution in [0.15, 0.2) is 36.8 Å². The van der Waals surface area contributed by atoms with Gasteiger partial charge in [-0.25, -0.2) is 4.98 Å².